The number of hydrogen-bond donors (Lipinski definition) is 1. The third-order valence-electron chi connectivity index (χ3n) is 4.47. The first-order chi connectivity index (χ1) is 11.2. The Morgan fingerprint density at radius 2 is 2.09 bits per heavy atom. The van der Waals surface area contributed by atoms with E-state index in [0.717, 1.165) is 30.9 Å². The maximum absolute atomic E-state index is 12.2. The van der Waals surface area contributed by atoms with Crippen LogP contribution < -0.4 is 15.5 Å². The minimum Gasteiger partial charge on any atom is -0.483 e. The Morgan fingerprint density at radius 3 is 2.83 bits per heavy atom. The van der Waals surface area contributed by atoms with Crippen molar-refractivity contribution in [2.45, 2.75) is 32.9 Å². The van der Waals surface area contributed by atoms with Gasteiger partial charge < -0.3 is 14.6 Å². The van der Waals surface area contributed by atoms with Crippen molar-refractivity contribution in [2.75, 3.05) is 13.1 Å². The fraction of sp³-hybridized carbons (Fsp3) is 0.421. The van der Waals surface area contributed by atoms with Gasteiger partial charge in [-0.25, -0.2) is 0 Å². The van der Waals surface area contributed by atoms with Gasteiger partial charge in [0, 0.05) is 18.8 Å². The largest absolute Gasteiger partial charge is 0.483 e. The fourth-order valence-electron chi connectivity index (χ4n) is 3.11. The number of nitrogens with one attached hydrogen (secondary N) is 1. The zero-order chi connectivity index (χ0) is 16.1. The highest BCUT2D eigenvalue weighted by atomic mass is 16.5. The normalized spacial score (nSPS) is 17.9. The van der Waals surface area contributed by atoms with Crippen LogP contribution in [0.25, 0.3) is 0 Å². The highest BCUT2D eigenvalue weighted by molar-refractivity contribution is 5.28. The van der Waals surface area contributed by atoms with E-state index in [9.17, 15) is 4.79 Å². The summed E-state index contributed by atoms with van der Waals surface area (Å²) in [6.07, 6.45) is 4.35. The molecule has 0 radical (unpaired) electrons. The van der Waals surface area contributed by atoms with Crippen LogP contribution in [0.2, 0.25) is 0 Å². The van der Waals surface area contributed by atoms with Crippen molar-refractivity contribution < 1.29 is 4.74 Å². The number of nitrogens with zero attached hydrogens (tertiary/aromatic N) is 1. The highest BCUT2D eigenvalue weighted by Crippen LogP contribution is 2.18. The van der Waals surface area contributed by atoms with Gasteiger partial charge in [0.25, 0.3) is 0 Å². The van der Waals surface area contributed by atoms with E-state index in [-0.39, 0.29) is 5.43 Å². The molecule has 0 saturated carbocycles. The van der Waals surface area contributed by atoms with Crippen LogP contribution >= 0.6 is 0 Å². The maximum atomic E-state index is 12.2. The standard InChI is InChI=1S/C19H24N2O2/c1-15-19(23-14-16-6-3-2-4-7-16)18(22)9-11-21(15)13-17-8-5-10-20-12-17/h2-4,6-7,9,11,17,20H,5,8,10,12-14H2,1H3. The molecule has 122 valence electrons. The van der Waals surface area contributed by atoms with E-state index in [1.54, 1.807) is 6.07 Å². The molecule has 1 saturated heterocycles. The van der Waals surface area contributed by atoms with Crippen LogP contribution in [-0.4, -0.2) is 17.7 Å². The lowest BCUT2D eigenvalue weighted by Crippen LogP contribution is -2.32. The monoisotopic (exact) mass is 312 g/mol. The number of aromatic nitrogens is 1. The van der Waals surface area contributed by atoms with E-state index in [2.05, 4.69) is 9.88 Å². The maximum Gasteiger partial charge on any atom is 0.223 e. The van der Waals surface area contributed by atoms with Crippen molar-refractivity contribution in [1.29, 1.82) is 0 Å². The van der Waals surface area contributed by atoms with Gasteiger partial charge >= 0.3 is 0 Å². The van der Waals surface area contributed by atoms with Gasteiger partial charge in [-0.05, 0) is 44.3 Å². The Labute approximate surface area is 137 Å². The Kier molecular flexibility index (Phi) is 5.13. The first-order valence-corrected chi connectivity index (χ1v) is 8.31. The summed E-state index contributed by atoms with van der Waals surface area (Å²) >= 11 is 0. The Hall–Kier alpha value is -2.07. The quantitative estimate of drug-likeness (QED) is 0.923. The summed E-state index contributed by atoms with van der Waals surface area (Å²) in [5.41, 5.74) is 1.94. The number of rotatable bonds is 5. The van der Waals surface area contributed by atoms with E-state index >= 15 is 0 Å². The predicted molar refractivity (Wildman–Crippen MR) is 91.8 cm³/mol. The molecule has 23 heavy (non-hydrogen) atoms. The highest BCUT2D eigenvalue weighted by Gasteiger charge is 2.16. The summed E-state index contributed by atoms with van der Waals surface area (Å²) in [7, 11) is 0. The number of piperidine rings is 1. The van der Waals surface area contributed by atoms with Crippen molar-refractivity contribution in [1.82, 2.24) is 9.88 Å². The molecule has 0 bridgehead atoms. The summed E-state index contributed by atoms with van der Waals surface area (Å²) in [4.78, 5) is 12.2. The molecule has 4 heteroatoms. The van der Waals surface area contributed by atoms with Gasteiger partial charge in [0.2, 0.25) is 5.43 Å². The van der Waals surface area contributed by atoms with E-state index in [1.807, 2.05) is 43.5 Å². The number of ether oxygens (including phenoxy) is 1. The van der Waals surface area contributed by atoms with Crippen LogP contribution in [0.4, 0.5) is 0 Å². The van der Waals surface area contributed by atoms with Crippen molar-refractivity contribution in [2.24, 2.45) is 5.92 Å². The van der Waals surface area contributed by atoms with Gasteiger partial charge in [0.05, 0.1) is 5.69 Å². The van der Waals surface area contributed by atoms with Gasteiger partial charge in [0.15, 0.2) is 5.75 Å². The molecule has 1 aromatic heterocycles. The van der Waals surface area contributed by atoms with Gasteiger partial charge in [-0.15, -0.1) is 0 Å². The summed E-state index contributed by atoms with van der Waals surface area (Å²) in [5.74, 6) is 1.09. The number of pyridine rings is 1. The predicted octanol–water partition coefficient (Wildman–Crippen LogP) is 2.74. The average Bonchev–Trinajstić information content (AvgIpc) is 2.59. The molecule has 1 aliphatic heterocycles. The molecule has 2 heterocycles. The molecule has 0 spiro atoms. The summed E-state index contributed by atoms with van der Waals surface area (Å²) in [5, 5.41) is 3.44. The molecular weight excluding hydrogens is 288 g/mol. The third-order valence-corrected chi connectivity index (χ3v) is 4.47. The molecule has 2 aromatic rings. The van der Waals surface area contributed by atoms with Crippen LogP contribution in [0.1, 0.15) is 24.1 Å². The van der Waals surface area contributed by atoms with E-state index in [0.29, 0.717) is 18.3 Å². The van der Waals surface area contributed by atoms with Crippen molar-refractivity contribution in [3.05, 3.63) is 64.1 Å². The first kappa shape index (κ1) is 15.8. The molecule has 4 nitrogen and oxygen atoms in total. The van der Waals surface area contributed by atoms with Crippen LogP contribution in [0, 0.1) is 12.8 Å². The minimum absolute atomic E-state index is 0.0450. The molecule has 1 aliphatic rings. The van der Waals surface area contributed by atoms with E-state index < -0.39 is 0 Å². The Balaban J connectivity index is 1.74. The van der Waals surface area contributed by atoms with Crippen LogP contribution in [0.5, 0.6) is 5.75 Å². The number of hydrogen-bond acceptors (Lipinski definition) is 3. The van der Waals surface area contributed by atoms with Crippen LogP contribution in [0.15, 0.2) is 47.4 Å². The molecule has 1 unspecified atom stereocenters. The van der Waals surface area contributed by atoms with Crippen molar-refractivity contribution >= 4 is 0 Å². The fourth-order valence-corrected chi connectivity index (χ4v) is 3.11. The SMILES string of the molecule is Cc1c(OCc2ccccc2)c(=O)ccn1CC1CCCNC1. The molecule has 1 fully saturated rings. The van der Waals surface area contributed by atoms with Crippen molar-refractivity contribution in [3.63, 3.8) is 0 Å². The Morgan fingerprint density at radius 1 is 1.26 bits per heavy atom. The van der Waals surface area contributed by atoms with Gasteiger partial charge in [-0.2, -0.15) is 0 Å². The summed E-state index contributed by atoms with van der Waals surface area (Å²) in [6.45, 7) is 5.49. The lowest BCUT2D eigenvalue weighted by molar-refractivity contribution is 0.291. The van der Waals surface area contributed by atoms with Gasteiger partial charge in [-0.3, -0.25) is 4.79 Å². The molecule has 3 rings (SSSR count). The average molecular weight is 312 g/mol. The minimum atomic E-state index is -0.0450. The topological polar surface area (TPSA) is 43.3 Å². The molecular formula is C19H24N2O2. The smallest absolute Gasteiger partial charge is 0.223 e. The van der Waals surface area contributed by atoms with Crippen LogP contribution in [-0.2, 0) is 13.2 Å². The summed E-state index contributed by atoms with van der Waals surface area (Å²) < 4.78 is 7.99. The second-order valence-electron chi connectivity index (χ2n) is 6.23. The zero-order valence-electron chi connectivity index (χ0n) is 13.6. The third kappa shape index (κ3) is 4.02. The lowest BCUT2D eigenvalue weighted by atomic mass is 9.99. The zero-order valence-corrected chi connectivity index (χ0v) is 13.6. The lowest BCUT2D eigenvalue weighted by Gasteiger charge is -2.25. The molecule has 1 N–H and O–H groups in total. The van der Waals surface area contributed by atoms with Crippen molar-refractivity contribution in [3.8, 4) is 5.75 Å². The summed E-state index contributed by atoms with van der Waals surface area (Å²) in [6, 6.07) is 11.6. The van der Waals surface area contributed by atoms with Crippen LogP contribution in [0.3, 0.4) is 0 Å². The van der Waals surface area contributed by atoms with E-state index in [1.165, 1.54) is 12.8 Å². The molecule has 0 aliphatic carbocycles. The molecule has 1 atom stereocenters. The second-order valence-corrected chi connectivity index (χ2v) is 6.23. The van der Waals surface area contributed by atoms with Gasteiger partial charge in [-0.1, -0.05) is 30.3 Å². The number of benzene rings is 1. The van der Waals surface area contributed by atoms with Gasteiger partial charge in [0.1, 0.15) is 6.61 Å². The Bertz CT molecular complexity index is 688. The second kappa shape index (κ2) is 7.47. The molecule has 0 amide bonds. The van der Waals surface area contributed by atoms with E-state index in [4.69, 9.17) is 4.74 Å². The first-order valence-electron chi connectivity index (χ1n) is 8.31. The molecule has 1 aromatic carbocycles.